The molecule has 0 aliphatic carbocycles. The van der Waals surface area contributed by atoms with Crippen LogP contribution in [0, 0.1) is 0 Å². The second-order valence-electron chi connectivity index (χ2n) is 4.55. The number of rotatable bonds is 8. The van der Waals surface area contributed by atoms with Crippen LogP contribution in [0.3, 0.4) is 0 Å². The van der Waals surface area contributed by atoms with Crippen LogP contribution in [0.4, 0.5) is 0 Å². The van der Waals surface area contributed by atoms with Crippen molar-refractivity contribution in [3.05, 3.63) is 39.3 Å². The maximum absolute atomic E-state index is 6.32. The Morgan fingerprint density at radius 2 is 2.24 bits per heavy atom. The lowest BCUT2D eigenvalue weighted by molar-refractivity contribution is 0.281. The molecule has 0 aliphatic heterocycles. The van der Waals surface area contributed by atoms with Crippen molar-refractivity contribution >= 4 is 22.9 Å². The summed E-state index contributed by atoms with van der Waals surface area (Å²) in [5.41, 5.74) is 3.73. The summed E-state index contributed by atoms with van der Waals surface area (Å²) >= 11 is 7.85. The highest BCUT2D eigenvalue weighted by molar-refractivity contribution is 7.07. The number of hydrogen-bond donors (Lipinski definition) is 1. The van der Waals surface area contributed by atoms with Gasteiger partial charge in [0, 0.05) is 11.9 Å². The molecule has 0 fully saturated rings. The fourth-order valence-electron chi connectivity index (χ4n) is 1.88. The Bertz CT molecular complexity index is 561. The molecular weight excluding hydrogens is 308 g/mol. The molecule has 0 amide bonds. The summed E-state index contributed by atoms with van der Waals surface area (Å²) in [5.74, 6) is 1.21. The lowest BCUT2D eigenvalue weighted by Crippen LogP contribution is -2.14. The minimum Gasteiger partial charge on any atom is -0.493 e. The highest BCUT2D eigenvalue weighted by Gasteiger charge is 2.12. The minimum atomic E-state index is 0.382. The smallest absolute Gasteiger partial charge is 0.180 e. The van der Waals surface area contributed by atoms with Crippen LogP contribution in [0.25, 0.3) is 0 Å². The van der Waals surface area contributed by atoms with Gasteiger partial charge in [0.2, 0.25) is 0 Å². The summed E-state index contributed by atoms with van der Waals surface area (Å²) in [6, 6.07) is 3.86. The van der Waals surface area contributed by atoms with Gasteiger partial charge in [-0.15, -0.1) is 11.3 Å². The van der Waals surface area contributed by atoms with E-state index in [9.17, 15) is 0 Å². The molecule has 1 N–H and O–H groups in total. The van der Waals surface area contributed by atoms with Crippen molar-refractivity contribution in [2.45, 2.75) is 26.5 Å². The first-order valence-electron chi connectivity index (χ1n) is 6.81. The quantitative estimate of drug-likeness (QED) is 0.747. The average molecular weight is 327 g/mol. The molecule has 4 nitrogen and oxygen atoms in total. The molecule has 0 aliphatic rings. The standard InChI is InChI=1S/C15H19ClN2O2S/c1-3-4-17-7-11-5-13(16)15(14(6-11)19-2)20-8-12-9-21-10-18-12/h5-6,9-10,17H,3-4,7-8H2,1-2H3. The van der Waals surface area contributed by atoms with Crippen molar-refractivity contribution in [3.8, 4) is 11.5 Å². The number of halogens is 1. The lowest BCUT2D eigenvalue weighted by Gasteiger charge is -2.14. The first-order chi connectivity index (χ1) is 10.2. The van der Waals surface area contributed by atoms with Crippen LogP contribution in [0.5, 0.6) is 11.5 Å². The number of nitrogens with zero attached hydrogens (tertiary/aromatic N) is 1. The van der Waals surface area contributed by atoms with Gasteiger partial charge in [0.1, 0.15) is 6.61 Å². The molecule has 1 heterocycles. The molecule has 0 saturated heterocycles. The van der Waals surface area contributed by atoms with Gasteiger partial charge in [-0.2, -0.15) is 0 Å². The van der Waals surface area contributed by atoms with Gasteiger partial charge >= 0.3 is 0 Å². The summed E-state index contributed by atoms with van der Waals surface area (Å²) in [6.07, 6.45) is 1.10. The molecule has 0 atom stereocenters. The summed E-state index contributed by atoms with van der Waals surface area (Å²) in [7, 11) is 1.62. The van der Waals surface area contributed by atoms with E-state index in [-0.39, 0.29) is 0 Å². The third-order valence-electron chi connectivity index (χ3n) is 2.89. The average Bonchev–Trinajstić information content (AvgIpc) is 2.99. The predicted octanol–water partition coefficient (Wildman–Crippen LogP) is 3.88. The number of hydrogen-bond acceptors (Lipinski definition) is 5. The Labute approximate surface area is 134 Å². The molecule has 0 saturated carbocycles. The molecule has 0 unspecified atom stereocenters. The van der Waals surface area contributed by atoms with E-state index in [2.05, 4.69) is 17.2 Å². The normalized spacial score (nSPS) is 10.6. The van der Waals surface area contributed by atoms with Crippen LogP contribution < -0.4 is 14.8 Å². The predicted molar refractivity (Wildman–Crippen MR) is 86.4 cm³/mol. The van der Waals surface area contributed by atoms with Crippen LogP contribution in [0.15, 0.2) is 23.0 Å². The van der Waals surface area contributed by atoms with Gasteiger partial charge in [-0.05, 0) is 30.7 Å². The van der Waals surface area contributed by atoms with Gasteiger partial charge in [0.05, 0.1) is 23.3 Å². The van der Waals surface area contributed by atoms with E-state index in [4.69, 9.17) is 21.1 Å². The Morgan fingerprint density at radius 1 is 1.38 bits per heavy atom. The van der Waals surface area contributed by atoms with E-state index in [1.165, 1.54) is 11.3 Å². The van der Waals surface area contributed by atoms with Gasteiger partial charge in [-0.1, -0.05) is 18.5 Å². The second-order valence-corrected chi connectivity index (χ2v) is 5.68. The van der Waals surface area contributed by atoms with E-state index in [0.29, 0.717) is 23.1 Å². The molecule has 0 bridgehead atoms. The Kier molecular flexibility index (Phi) is 6.29. The molecule has 2 aromatic rings. The zero-order valence-electron chi connectivity index (χ0n) is 12.2. The van der Waals surface area contributed by atoms with Gasteiger partial charge in [0.25, 0.3) is 0 Å². The number of thiazole rings is 1. The van der Waals surface area contributed by atoms with Crippen molar-refractivity contribution in [2.24, 2.45) is 0 Å². The van der Waals surface area contributed by atoms with Crippen molar-refractivity contribution in [1.29, 1.82) is 0 Å². The van der Waals surface area contributed by atoms with Crippen molar-refractivity contribution < 1.29 is 9.47 Å². The maximum Gasteiger partial charge on any atom is 0.180 e. The third kappa shape index (κ3) is 4.59. The van der Waals surface area contributed by atoms with Gasteiger partial charge in [-0.3, -0.25) is 0 Å². The Hall–Kier alpha value is -1.30. The van der Waals surface area contributed by atoms with Crippen LogP contribution in [0.1, 0.15) is 24.6 Å². The zero-order chi connectivity index (χ0) is 15.1. The van der Waals surface area contributed by atoms with E-state index in [1.807, 2.05) is 17.5 Å². The molecule has 1 aromatic carbocycles. The number of methoxy groups -OCH3 is 1. The first-order valence-corrected chi connectivity index (χ1v) is 8.13. The largest absolute Gasteiger partial charge is 0.493 e. The van der Waals surface area contributed by atoms with Gasteiger partial charge in [0.15, 0.2) is 11.5 Å². The summed E-state index contributed by atoms with van der Waals surface area (Å²) in [4.78, 5) is 4.18. The van der Waals surface area contributed by atoms with E-state index >= 15 is 0 Å². The minimum absolute atomic E-state index is 0.382. The molecular formula is C15H19ClN2O2S. The first kappa shape index (κ1) is 16.1. The zero-order valence-corrected chi connectivity index (χ0v) is 13.8. The third-order valence-corrected chi connectivity index (χ3v) is 3.81. The van der Waals surface area contributed by atoms with Crippen molar-refractivity contribution in [3.63, 3.8) is 0 Å². The molecule has 0 spiro atoms. The monoisotopic (exact) mass is 326 g/mol. The van der Waals surface area contributed by atoms with Gasteiger partial charge in [-0.25, -0.2) is 4.98 Å². The second kappa shape index (κ2) is 8.22. The fraction of sp³-hybridized carbons (Fsp3) is 0.400. The highest BCUT2D eigenvalue weighted by Crippen LogP contribution is 2.36. The molecule has 6 heteroatoms. The fourth-order valence-corrected chi connectivity index (χ4v) is 2.71. The van der Waals surface area contributed by atoms with Crippen molar-refractivity contribution in [2.75, 3.05) is 13.7 Å². The molecule has 114 valence electrons. The number of benzene rings is 1. The molecule has 21 heavy (non-hydrogen) atoms. The van der Waals surface area contributed by atoms with Crippen LogP contribution >= 0.6 is 22.9 Å². The Morgan fingerprint density at radius 3 is 2.90 bits per heavy atom. The molecule has 1 aromatic heterocycles. The van der Waals surface area contributed by atoms with E-state index < -0.39 is 0 Å². The summed E-state index contributed by atoms with van der Waals surface area (Å²) in [5, 5.41) is 5.84. The number of nitrogens with one attached hydrogen (secondary N) is 1. The maximum atomic E-state index is 6.32. The van der Waals surface area contributed by atoms with Crippen LogP contribution in [-0.2, 0) is 13.2 Å². The summed E-state index contributed by atoms with van der Waals surface area (Å²) < 4.78 is 11.1. The Balaban J connectivity index is 2.09. The van der Waals surface area contributed by atoms with E-state index in [0.717, 1.165) is 30.8 Å². The molecule has 2 rings (SSSR count). The van der Waals surface area contributed by atoms with E-state index in [1.54, 1.807) is 12.6 Å². The van der Waals surface area contributed by atoms with Gasteiger partial charge < -0.3 is 14.8 Å². The van der Waals surface area contributed by atoms with Crippen LogP contribution in [0.2, 0.25) is 5.02 Å². The number of aromatic nitrogens is 1. The summed E-state index contributed by atoms with van der Waals surface area (Å²) in [6.45, 7) is 4.25. The molecule has 0 radical (unpaired) electrons. The number of ether oxygens (including phenoxy) is 2. The highest BCUT2D eigenvalue weighted by atomic mass is 35.5. The van der Waals surface area contributed by atoms with Crippen LogP contribution in [-0.4, -0.2) is 18.6 Å². The lowest BCUT2D eigenvalue weighted by atomic mass is 10.2. The SMILES string of the molecule is CCCNCc1cc(Cl)c(OCc2cscn2)c(OC)c1. The topological polar surface area (TPSA) is 43.4 Å². The van der Waals surface area contributed by atoms with Crippen molar-refractivity contribution in [1.82, 2.24) is 10.3 Å².